The number of aryl methyl sites for hydroxylation is 1. The van der Waals surface area contributed by atoms with Crippen molar-refractivity contribution in [3.05, 3.63) is 69.3 Å². The van der Waals surface area contributed by atoms with E-state index < -0.39 is 35.2 Å². The Balaban J connectivity index is 1.32. The number of carbonyl (C=O) groups is 4. The van der Waals surface area contributed by atoms with Gasteiger partial charge in [0.15, 0.2) is 6.61 Å². The van der Waals surface area contributed by atoms with Crippen LogP contribution in [-0.4, -0.2) is 53.2 Å². The molecular weight excluding hydrogens is 418 g/mol. The van der Waals surface area contributed by atoms with Gasteiger partial charge in [-0.15, -0.1) is 0 Å². The van der Waals surface area contributed by atoms with Gasteiger partial charge in [0, 0.05) is 30.9 Å². The van der Waals surface area contributed by atoms with Crippen LogP contribution in [0.4, 0.5) is 11.4 Å². The Morgan fingerprint density at radius 2 is 1.75 bits per heavy atom. The van der Waals surface area contributed by atoms with Gasteiger partial charge in [0.2, 0.25) is 0 Å². The van der Waals surface area contributed by atoms with E-state index in [0.29, 0.717) is 41.8 Å². The number of esters is 1. The molecule has 32 heavy (non-hydrogen) atoms. The van der Waals surface area contributed by atoms with E-state index in [1.54, 1.807) is 24.3 Å². The van der Waals surface area contributed by atoms with Crippen molar-refractivity contribution >= 4 is 35.1 Å². The first kappa shape index (κ1) is 21.2. The molecule has 0 aliphatic carbocycles. The van der Waals surface area contributed by atoms with Crippen LogP contribution in [0.25, 0.3) is 0 Å². The van der Waals surface area contributed by atoms with Gasteiger partial charge in [-0.2, -0.15) is 0 Å². The number of rotatable bonds is 6. The third-order valence-corrected chi connectivity index (χ3v) is 5.47. The van der Waals surface area contributed by atoms with Crippen molar-refractivity contribution in [2.24, 2.45) is 0 Å². The summed E-state index contributed by atoms with van der Waals surface area (Å²) in [4.78, 5) is 62.3. The van der Waals surface area contributed by atoms with Gasteiger partial charge in [-0.25, -0.2) is 0 Å². The summed E-state index contributed by atoms with van der Waals surface area (Å²) in [5.41, 5.74) is 1.80. The summed E-state index contributed by atoms with van der Waals surface area (Å²) in [6.45, 7) is -0.233. The highest BCUT2D eigenvalue weighted by molar-refractivity contribution is 6.21. The van der Waals surface area contributed by atoms with Gasteiger partial charge >= 0.3 is 5.97 Å². The number of carbonyl (C=O) groups excluding carboxylic acids is 4. The van der Waals surface area contributed by atoms with Gasteiger partial charge in [-0.05, 0) is 36.6 Å². The maximum atomic E-state index is 12.6. The molecule has 0 unspecified atom stereocenters. The molecule has 0 saturated carbocycles. The van der Waals surface area contributed by atoms with Crippen LogP contribution in [0.5, 0.6) is 0 Å². The Kier molecular flexibility index (Phi) is 5.67. The van der Waals surface area contributed by atoms with Crippen molar-refractivity contribution in [1.82, 2.24) is 4.90 Å². The number of hydrogen-bond acceptors (Lipinski definition) is 7. The summed E-state index contributed by atoms with van der Waals surface area (Å²) in [5.74, 6) is -2.09. The topological polar surface area (TPSA) is 127 Å². The number of anilines is 1. The van der Waals surface area contributed by atoms with E-state index in [4.69, 9.17) is 4.74 Å². The summed E-state index contributed by atoms with van der Waals surface area (Å²) in [6.07, 6.45) is 1.01. The maximum absolute atomic E-state index is 12.6. The second-order valence-corrected chi connectivity index (χ2v) is 7.44. The minimum Gasteiger partial charge on any atom is -0.455 e. The van der Waals surface area contributed by atoms with Crippen molar-refractivity contribution < 1.29 is 28.8 Å². The molecule has 0 spiro atoms. The average molecular weight is 437 g/mol. The van der Waals surface area contributed by atoms with Gasteiger partial charge in [-0.1, -0.05) is 12.1 Å². The molecule has 2 aromatic rings. The highest BCUT2D eigenvalue weighted by atomic mass is 16.6. The van der Waals surface area contributed by atoms with Gasteiger partial charge in [0.25, 0.3) is 23.4 Å². The summed E-state index contributed by atoms with van der Waals surface area (Å²) in [7, 11) is 0. The molecule has 10 nitrogen and oxygen atoms in total. The second kappa shape index (κ2) is 8.58. The molecule has 0 fully saturated rings. The summed E-state index contributed by atoms with van der Waals surface area (Å²) in [6, 6.07) is 10.7. The fourth-order valence-electron chi connectivity index (χ4n) is 3.89. The lowest BCUT2D eigenvalue weighted by Gasteiger charge is -2.29. The minimum absolute atomic E-state index is 0.0439. The Morgan fingerprint density at radius 1 is 1.06 bits per heavy atom. The zero-order valence-corrected chi connectivity index (χ0v) is 17.0. The van der Waals surface area contributed by atoms with Crippen LogP contribution >= 0.6 is 0 Å². The highest BCUT2D eigenvalue weighted by Gasteiger charge is 2.35. The molecule has 0 saturated heterocycles. The Labute approximate surface area is 182 Å². The first-order valence-corrected chi connectivity index (χ1v) is 10.1. The first-order valence-electron chi connectivity index (χ1n) is 10.1. The number of imide groups is 1. The van der Waals surface area contributed by atoms with Gasteiger partial charge < -0.3 is 9.64 Å². The normalized spacial score (nSPS) is 14.8. The lowest BCUT2D eigenvalue weighted by atomic mass is 10.0. The quantitative estimate of drug-likeness (QED) is 0.293. The van der Waals surface area contributed by atoms with Crippen LogP contribution in [0, 0.1) is 10.1 Å². The number of amides is 3. The Morgan fingerprint density at radius 3 is 2.41 bits per heavy atom. The molecule has 0 radical (unpaired) electrons. The molecule has 2 aliphatic heterocycles. The van der Waals surface area contributed by atoms with Crippen molar-refractivity contribution in [3.63, 3.8) is 0 Å². The Bertz CT molecular complexity index is 1110. The smallest absolute Gasteiger partial charge is 0.308 e. The lowest BCUT2D eigenvalue weighted by Crippen LogP contribution is -2.38. The van der Waals surface area contributed by atoms with Crippen molar-refractivity contribution in [3.8, 4) is 0 Å². The second-order valence-electron chi connectivity index (χ2n) is 7.44. The predicted octanol–water partition coefficient (Wildman–Crippen LogP) is 2.10. The number of nitro groups is 1. The average Bonchev–Trinajstić information content (AvgIpc) is 3.05. The van der Waals surface area contributed by atoms with E-state index in [2.05, 4.69) is 0 Å². The van der Waals surface area contributed by atoms with Gasteiger partial charge in [0.1, 0.15) is 0 Å². The summed E-state index contributed by atoms with van der Waals surface area (Å²) < 4.78 is 5.05. The molecule has 164 valence electrons. The van der Waals surface area contributed by atoms with Crippen LogP contribution in [0.3, 0.4) is 0 Å². The highest BCUT2D eigenvalue weighted by Crippen LogP contribution is 2.30. The van der Waals surface area contributed by atoms with Crippen LogP contribution in [0.1, 0.15) is 39.1 Å². The van der Waals surface area contributed by atoms with Crippen molar-refractivity contribution in [2.75, 3.05) is 24.6 Å². The van der Waals surface area contributed by atoms with E-state index in [1.807, 2.05) is 0 Å². The predicted molar refractivity (Wildman–Crippen MR) is 111 cm³/mol. The third kappa shape index (κ3) is 3.94. The van der Waals surface area contributed by atoms with Crippen LogP contribution in [-0.2, 0) is 20.7 Å². The number of fused-ring (bicyclic) bond motifs is 2. The molecule has 10 heteroatoms. The third-order valence-electron chi connectivity index (χ3n) is 5.47. The molecule has 0 bridgehead atoms. The molecular formula is C22H19N3O7. The van der Waals surface area contributed by atoms with Gasteiger partial charge in [0.05, 0.1) is 22.5 Å². The van der Waals surface area contributed by atoms with E-state index in [1.165, 1.54) is 23.1 Å². The fraction of sp³-hybridized carbons (Fsp3) is 0.273. The van der Waals surface area contributed by atoms with Gasteiger partial charge in [-0.3, -0.25) is 34.2 Å². The number of nitro benzene ring substituents is 1. The molecule has 0 atom stereocenters. The summed E-state index contributed by atoms with van der Waals surface area (Å²) >= 11 is 0. The van der Waals surface area contributed by atoms with E-state index in [-0.39, 0.29) is 18.7 Å². The number of ether oxygens (including phenoxy) is 1. The molecule has 4 rings (SSSR count). The van der Waals surface area contributed by atoms with Crippen molar-refractivity contribution in [2.45, 2.75) is 19.3 Å². The lowest BCUT2D eigenvalue weighted by molar-refractivity contribution is -0.384. The standard InChI is InChI=1S/C22H19N3O7/c26-19(23-10-3-4-14-12-15(25(30)31)7-8-18(14)23)13-32-20(27)9-11-24-21(28)16-5-1-2-6-17(16)22(24)29/h1-2,5-8,12H,3-4,9-11,13H2. The SMILES string of the molecule is O=C(CCN1C(=O)c2ccccc2C1=O)OCC(=O)N1CCCc2cc([N+](=O)[O-])ccc21. The maximum Gasteiger partial charge on any atom is 0.308 e. The molecule has 2 heterocycles. The van der Waals surface area contributed by atoms with E-state index in [9.17, 15) is 29.3 Å². The zero-order valence-electron chi connectivity index (χ0n) is 17.0. The molecule has 3 amide bonds. The zero-order chi connectivity index (χ0) is 22.8. The number of nitrogens with zero attached hydrogens (tertiary/aromatic N) is 3. The molecule has 2 aromatic carbocycles. The number of benzene rings is 2. The number of hydrogen-bond donors (Lipinski definition) is 0. The molecule has 0 N–H and O–H groups in total. The van der Waals surface area contributed by atoms with Crippen molar-refractivity contribution in [1.29, 1.82) is 0 Å². The minimum atomic E-state index is -0.712. The molecule has 0 aromatic heterocycles. The van der Waals surface area contributed by atoms with Crippen LogP contribution in [0.2, 0.25) is 0 Å². The molecule has 2 aliphatic rings. The largest absolute Gasteiger partial charge is 0.455 e. The monoisotopic (exact) mass is 437 g/mol. The van der Waals surface area contributed by atoms with E-state index >= 15 is 0 Å². The fourth-order valence-corrected chi connectivity index (χ4v) is 3.89. The first-order chi connectivity index (χ1) is 15.4. The van der Waals surface area contributed by atoms with Crippen LogP contribution < -0.4 is 4.90 Å². The van der Waals surface area contributed by atoms with Crippen LogP contribution in [0.15, 0.2) is 42.5 Å². The summed E-state index contributed by atoms with van der Waals surface area (Å²) in [5, 5.41) is 11.0. The Hall–Kier alpha value is -4.08. The number of non-ortho nitro benzene ring substituents is 1. The van der Waals surface area contributed by atoms with E-state index in [0.717, 1.165) is 4.90 Å².